The number of likely N-dealkylation sites (tertiary alicyclic amines) is 2. The highest BCUT2D eigenvalue weighted by atomic mass is 16.4. The lowest BCUT2D eigenvalue weighted by Gasteiger charge is -2.45. The Morgan fingerprint density at radius 3 is 2.70 bits per heavy atom. The van der Waals surface area contributed by atoms with Crippen LogP contribution < -0.4 is 0 Å². The average molecular weight is 274 g/mol. The maximum Gasteiger partial charge on any atom is 0.317 e. The van der Waals surface area contributed by atoms with Crippen LogP contribution in [0.15, 0.2) is 30.3 Å². The number of rotatable bonds is 3. The molecule has 0 saturated carbocycles. The normalized spacial score (nSPS) is 31.1. The van der Waals surface area contributed by atoms with Crippen LogP contribution in [0, 0.1) is 0 Å². The molecule has 0 unspecified atom stereocenters. The summed E-state index contributed by atoms with van der Waals surface area (Å²) < 4.78 is 0. The smallest absolute Gasteiger partial charge is 0.317 e. The van der Waals surface area contributed by atoms with Crippen molar-refractivity contribution < 1.29 is 9.90 Å². The lowest BCUT2D eigenvalue weighted by molar-refractivity contribution is -0.139. The predicted octanol–water partition coefficient (Wildman–Crippen LogP) is 1.42. The number of benzene rings is 1. The molecule has 20 heavy (non-hydrogen) atoms. The summed E-state index contributed by atoms with van der Waals surface area (Å²) in [6.07, 6.45) is 2.23. The molecule has 4 nitrogen and oxygen atoms in total. The van der Waals surface area contributed by atoms with E-state index in [0.29, 0.717) is 6.04 Å². The SMILES string of the molecule is CN1CC[C@@]2(c3ccccc3)CCN(CC(=O)O)C[C@@H]12. The number of carboxylic acid groups (broad SMARTS) is 1. The van der Waals surface area contributed by atoms with E-state index < -0.39 is 5.97 Å². The molecule has 1 N–H and O–H groups in total. The van der Waals surface area contributed by atoms with Crippen LogP contribution in [-0.4, -0.2) is 60.1 Å². The number of hydrogen-bond donors (Lipinski definition) is 1. The number of aliphatic carboxylic acids is 1. The third kappa shape index (κ3) is 2.23. The standard InChI is InChI=1S/C16H22N2O2/c1-17-9-7-16(13-5-3-2-4-6-13)8-10-18(11-14(16)17)12-15(19)20/h2-6,14H,7-12H2,1H3,(H,19,20)/t14-,16+/m1/s1. The molecule has 108 valence electrons. The topological polar surface area (TPSA) is 43.8 Å². The lowest BCUT2D eigenvalue weighted by atomic mass is 9.69. The van der Waals surface area contributed by atoms with Gasteiger partial charge in [0, 0.05) is 18.0 Å². The Balaban J connectivity index is 1.86. The van der Waals surface area contributed by atoms with E-state index in [1.807, 2.05) is 0 Å². The van der Waals surface area contributed by atoms with Gasteiger partial charge in [0.05, 0.1) is 6.54 Å². The van der Waals surface area contributed by atoms with Crippen LogP contribution in [-0.2, 0) is 10.2 Å². The van der Waals surface area contributed by atoms with Crippen molar-refractivity contribution in [3.8, 4) is 0 Å². The second-order valence-electron chi connectivity index (χ2n) is 6.15. The first-order valence-electron chi connectivity index (χ1n) is 7.32. The van der Waals surface area contributed by atoms with Crippen molar-refractivity contribution in [2.75, 3.05) is 33.2 Å². The lowest BCUT2D eigenvalue weighted by Crippen LogP contribution is -2.55. The van der Waals surface area contributed by atoms with Gasteiger partial charge in [0.2, 0.25) is 0 Å². The summed E-state index contributed by atoms with van der Waals surface area (Å²) >= 11 is 0. The van der Waals surface area contributed by atoms with Gasteiger partial charge in [-0.15, -0.1) is 0 Å². The number of hydrogen-bond acceptors (Lipinski definition) is 3. The molecule has 4 heteroatoms. The highest BCUT2D eigenvalue weighted by Gasteiger charge is 2.49. The Labute approximate surface area is 120 Å². The second-order valence-corrected chi connectivity index (χ2v) is 6.15. The van der Waals surface area contributed by atoms with Crippen LogP contribution in [0.2, 0.25) is 0 Å². The van der Waals surface area contributed by atoms with Crippen molar-refractivity contribution in [1.82, 2.24) is 9.80 Å². The van der Waals surface area contributed by atoms with Gasteiger partial charge in [-0.2, -0.15) is 0 Å². The van der Waals surface area contributed by atoms with E-state index >= 15 is 0 Å². The molecule has 0 radical (unpaired) electrons. The van der Waals surface area contributed by atoms with Crippen LogP contribution in [0.4, 0.5) is 0 Å². The molecule has 0 aliphatic carbocycles. The van der Waals surface area contributed by atoms with Gasteiger partial charge < -0.3 is 10.0 Å². The van der Waals surface area contributed by atoms with Crippen molar-refractivity contribution in [1.29, 1.82) is 0 Å². The molecule has 2 fully saturated rings. The van der Waals surface area contributed by atoms with E-state index in [1.165, 1.54) is 12.0 Å². The number of nitrogens with zero attached hydrogens (tertiary/aromatic N) is 2. The first-order chi connectivity index (χ1) is 9.62. The largest absolute Gasteiger partial charge is 0.480 e. The molecule has 3 rings (SSSR count). The number of fused-ring (bicyclic) bond motifs is 1. The Morgan fingerprint density at radius 2 is 2.00 bits per heavy atom. The number of carbonyl (C=O) groups is 1. The Bertz CT molecular complexity index is 491. The fraction of sp³-hybridized carbons (Fsp3) is 0.562. The van der Waals surface area contributed by atoms with Gasteiger partial charge in [-0.25, -0.2) is 0 Å². The van der Waals surface area contributed by atoms with Gasteiger partial charge in [0.1, 0.15) is 0 Å². The van der Waals surface area contributed by atoms with Gasteiger partial charge in [0.15, 0.2) is 0 Å². The quantitative estimate of drug-likeness (QED) is 0.905. The van der Waals surface area contributed by atoms with Crippen LogP contribution in [0.1, 0.15) is 18.4 Å². The molecule has 2 heterocycles. The maximum absolute atomic E-state index is 10.9. The van der Waals surface area contributed by atoms with Crippen molar-refractivity contribution in [2.24, 2.45) is 0 Å². The summed E-state index contributed by atoms with van der Waals surface area (Å²) in [6.45, 7) is 3.00. The summed E-state index contributed by atoms with van der Waals surface area (Å²) in [5, 5.41) is 9.00. The minimum absolute atomic E-state index is 0.162. The molecular formula is C16H22N2O2. The maximum atomic E-state index is 10.9. The summed E-state index contributed by atoms with van der Waals surface area (Å²) in [5.41, 5.74) is 1.63. The number of likely N-dealkylation sites (N-methyl/N-ethyl adjacent to an activating group) is 1. The van der Waals surface area contributed by atoms with E-state index in [4.69, 9.17) is 5.11 Å². The van der Waals surface area contributed by atoms with E-state index in [1.54, 1.807) is 0 Å². The van der Waals surface area contributed by atoms with Crippen molar-refractivity contribution in [3.05, 3.63) is 35.9 Å². The minimum Gasteiger partial charge on any atom is -0.480 e. The Morgan fingerprint density at radius 1 is 1.30 bits per heavy atom. The zero-order valence-electron chi connectivity index (χ0n) is 12.0. The summed E-state index contributed by atoms with van der Waals surface area (Å²) in [6, 6.07) is 11.2. The van der Waals surface area contributed by atoms with Gasteiger partial charge in [-0.05, 0) is 38.5 Å². The third-order valence-electron chi connectivity index (χ3n) is 5.09. The van der Waals surface area contributed by atoms with Gasteiger partial charge in [-0.1, -0.05) is 30.3 Å². The van der Waals surface area contributed by atoms with Gasteiger partial charge >= 0.3 is 5.97 Å². The van der Waals surface area contributed by atoms with E-state index in [0.717, 1.165) is 26.1 Å². The highest BCUT2D eigenvalue weighted by molar-refractivity contribution is 5.69. The molecule has 2 aliphatic heterocycles. The molecule has 2 saturated heterocycles. The zero-order valence-corrected chi connectivity index (χ0v) is 12.0. The average Bonchev–Trinajstić information content (AvgIpc) is 2.78. The first kappa shape index (κ1) is 13.6. The first-order valence-corrected chi connectivity index (χ1v) is 7.32. The van der Waals surface area contributed by atoms with Gasteiger partial charge in [0.25, 0.3) is 0 Å². The number of piperidine rings is 1. The molecule has 2 aliphatic rings. The van der Waals surface area contributed by atoms with Crippen molar-refractivity contribution in [3.63, 3.8) is 0 Å². The molecule has 2 atom stereocenters. The van der Waals surface area contributed by atoms with Crippen molar-refractivity contribution in [2.45, 2.75) is 24.3 Å². The number of carboxylic acids is 1. The van der Waals surface area contributed by atoms with E-state index in [-0.39, 0.29) is 12.0 Å². The highest BCUT2D eigenvalue weighted by Crippen LogP contribution is 2.44. The fourth-order valence-corrected chi connectivity index (χ4v) is 4.01. The monoisotopic (exact) mass is 274 g/mol. The van der Waals surface area contributed by atoms with Crippen LogP contribution >= 0.6 is 0 Å². The molecule has 0 spiro atoms. The van der Waals surface area contributed by atoms with Gasteiger partial charge in [-0.3, -0.25) is 9.69 Å². The predicted molar refractivity (Wildman–Crippen MR) is 77.8 cm³/mol. The summed E-state index contributed by atoms with van der Waals surface area (Å²) in [4.78, 5) is 15.4. The summed E-state index contributed by atoms with van der Waals surface area (Å²) in [7, 11) is 2.17. The molecule has 0 bridgehead atoms. The van der Waals surface area contributed by atoms with Crippen molar-refractivity contribution >= 4 is 5.97 Å². The van der Waals surface area contributed by atoms with E-state index in [2.05, 4.69) is 47.2 Å². The van der Waals surface area contributed by atoms with Crippen LogP contribution in [0.5, 0.6) is 0 Å². The Kier molecular flexibility index (Phi) is 3.52. The summed E-state index contributed by atoms with van der Waals surface area (Å²) in [5.74, 6) is -0.724. The van der Waals surface area contributed by atoms with E-state index in [9.17, 15) is 4.79 Å². The third-order valence-corrected chi connectivity index (χ3v) is 5.09. The molecule has 0 aromatic heterocycles. The molecular weight excluding hydrogens is 252 g/mol. The molecule has 0 amide bonds. The zero-order chi connectivity index (χ0) is 14.2. The Hall–Kier alpha value is -1.39. The minimum atomic E-state index is -0.724. The van der Waals surface area contributed by atoms with Crippen LogP contribution in [0.25, 0.3) is 0 Å². The second kappa shape index (κ2) is 5.19. The molecule has 1 aromatic rings. The molecule has 1 aromatic carbocycles. The van der Waals surface area contributed by atoms with Crippen LogP contribution in [0.3, 0.4) is 0 Å². The fourth-order valence-electron chi connectivity index (χ4n) is 4.01.